The molecule has 3 heterocycles. The van der Waals surface area contributed by atoms with E-state index in [2.05, 4.69) is 25.1 Å². The number of aromatic nitrogens is 4. The van der Waals surface area contributed by atoms with Crippen molar-refractivity contribution in [2.75, 3.05) is 19.7 Å². The lowest BCUT2D eigenvalue weighted by Crippen LogP contribution is -2.35. The second kappa shape index (κ2) is 7.04. The number of piperidine rings is 1. The smallest absolute Gasteiger partial charge is 0.230 e. The Balaban J connectivity index is 1.45. The van der Waals surface area contributed by atoms with Gasteiger partial charge in [-0.3, -0.25) is 4.90 Å². The number of likely N-dealkylation sites (tertiary alicyclic amines) is 1. The molecule has 0 saturated carbocycles. The van der Waals surface area contributed by atoms with Crippen LogP contribution in [0.3, 0.4) is 0 Å². The van der Waals surface area contributed by atoms with Gasteiger partial charge in [-0.05, 0) is 45.7 Å². The van der Waals surface area contributed by atoms with Crippen LogP contribution in [0.1, 0.15) is 35.9 Å². The van der Waals surface area contributed by atoms with Gasteiger partial charge in [-0.1, -0.05) is 0 Å². The summed E-state index contributed by atoms with van der Waals surface area (Å²) in [6, 6.07) is 0. The summed E-state index contributed by atoms with van der Waals surface area (Å²) in [6.45, 7) is 9.29. The molecule has 0 spiro atoms. The summed E-state index contributed by atoms with van der Waals surface area (Å²) in [4.78, 5) is 10.7. The highest BCUT2D eigenvalue weighted by Crippen LogP contribution is 2.21. The van der Waals surface area contributed by atoms with Gasteiger partial charge in [0.15, 0.2) is 0 Å². The van der Waals surface area contributed by atoms with Gasteiger partial charge in [0.05, 0.1) is 13.2 Å². The monoisotopic (exact) mass is 317 g/mol. The van der Waals surface area contributed by atoms with Crippen molar-refractivity contribution in [1.82, 2.24) is 25.1 Å². The van der Waals surface area contributed by atoms with E-state index in [1.807, 2.05) is 20.8 Å². The van der Waals surface area contributed by atoms with Crippen molar-refractivity contribution in [3.63, 3.8) is 0 Å². The summed E-state index contributed by atoms with van der Waals surface area (Å²) in [7, 11) is 0. The van der Waals surface area contributed by atoms with Crippen molar-refractivity contribution in [1.29, 1.82) is 0 Å². The zero-order valence-corrected chi connectivity index (χ0v) is 13.9. The van der Waals surface area contributed by atoms with Crippen LogP contribution in [0.4, 0.5) is 0 Å². The fourth-order valence-corrected chi connectivity index (χ4v) is 2.76. The zero-order chi connectivity index (χ0) is 16.2. The first-order valence-electron chi connectivity index (χ1n) is 8.04. The van der Waals surface area contributed by atoms with Crippen LogP contribution in [-0.4, -0.2) is 44.8 Å². The normalized spacial score (nSPS) is 16.7. The maximum absolute atomic E-state index is 5.90. The Morgan fingerprint density at radius 1 is 1.17 bits per heavy atom. The minimum Gasteiger partial charge on any atom is -0.477 e. The highest BCUT2D eigenvalue weighted by molar-refractivity contribution is 5.26. The Morgan fingerprint density at radius 2 is 1.96 bits per heavy atom. The molecule has 124 valence electrons. The summed E-state index contributed by atoms with van der Waals surface area (Å²) in [5.74, 6) is 2.59. The Kier molecular flexibility index (Phi) is 4.85. The highest BCUT2D eigenvalue weighted by atomic mass is 16.5. The number of hydrogen-bond acceptors (Lipinski definition) is 7. The molecule has 1 saturated heterocycles. The second-order valence-electron chi connectivity index (χ2n) is 6.13. The number of rotatable bonds is 5. The fourth-order valence-electron chi connectivity index (χ4n) is 2.76. The highest BCUT2D eigenvalue weighted by Gasteiger charge is 2.21. The molecule has 0 aromatic carbocycles. The molecular formula is C16H23N5O2. The third kappa shape index (κ3) is 4.04. The Morgan fingerprint density at radius 3 is 2.65 bits per heavy atom. The van der Waals surface area contributed by atoms with Crippen molar-refractivity contribution >= 4 is 0 Å². The molecule has 1 aliphatic heterocycles. The van der Waals surface area contributed by atoms with Gasteiger partial charge in [-0.15, -0.1) is 10.2 Å². The minimum absolute atomic E-state index is 0.561. The van der Waals surface area contributed by atoms with E-state index in [0.29, 0.717) is 30.2 Å². The third-order valence-corrected chi connectivity index (χ3v) is 4.38. The van der Waals surface area contributed by atoms with E-state index in [0.717, 1.165) is 43.7 Å². The molecule has 7 nitrogen and oxygen atoms in total. The predicted molar refractivity (Wildman–Crippen MR) is 84.0 cm³/mol. The molecule has 1 aliphatic rings. The lowest BCUT2D eigenvalue weighted by atomic mass is 9.98. The average Bonchev–Trinajstić information content (AvgIpc) is 2.95. The van der Waals surface area contributed by atoms with Crippen molar-refractivity contribution in [3.8, 4) is 5.88 Å². The fraction of sp³-hybridized carbons (Fsp3) is 0.625. The number of aryl methyl sites for hydroxylation is 2. The van der Waals surface area contributed by atoms with Gasteiger partial charge in [-0.25, -0.2) is 9.97 Å². The standard InChI is InChI=1S/C16H23N5O2/c1-11-12(2)17-10-18-16(11)22-9-14-4-6-21(7-5-14)8-15-20-19-13(3)23-15/h10,14H,4-9H2,1-3H3. The summed E-state index contributed by atoms with van der Waals surface area (Å²) in [5, 5.41) is 7.93. The van der Waals surface area contributed by atoms with E-state index in [9.17, 15) is 0 Å². The zero-order valence-electron chi connectivity index (χ0n) is 13.9. The van der Waals surface area contributed by atoms with E-state index in [-0.39, 0.29) is 0 Å². The molecule has 3 rings (SSSR count). The minimum atomic E-state index is 0.561. The molecule has 0 aliphatic carbocycles. The lowest BCUT2D eigenvalue weighted by molar-refractivity contribution is 0.126. The van der Waals surface area contributed by atoms with Crippen molar-refractivity contribution in [3.05, 3.63) is 29.4 Å². The first-order chi connectivity index (χ1) is 11.1. The van der Waals surface area contributed by atoms with Gasteiger partial charge in [0.25, 0.3) is 0 Å². The van der Waals surface area contributed by atoms with Crippen molar-refractivity contribution in [2.24, 2.45) is 5.92 Å². The summed E-state index contributed by atoms with van der Waals surface area (Å²) >= 11 is 0. The summed E-state index contributed by atoms with van der Waals surface area (Å²) < 4.78 is 11.3. The van der Waals surface area contributed by atoms with E-state index in [4.69, 9.17) is 9.15 Å². The summed E-state index contributed by atoms with van der Waals surface area (Å²) in [5.41, 5.74) is 2.00. The topological polar surface area (TPSA) is 77.2 Å². The van der Waals surface area contributed by atoms with Gasteiger partial charge in [0.2, 0.25) is 17.7 Å². The number of nitrogens with zero attached hydrogens (tertiary/aromatic N) is 5. The first-order valence-corrected chi connectivity index (χ1v) is 8.04. The quantitative estimate of drug-likeness (QED) is 0.835. The largest absolute Gasteiger partial charge is 0.477 e. The molecule has 0 atom stereocenters. The Labute approximate surface area is 136 Å². The molecule has 2 aromatic rings. The number of hydrogen-bond donors (Lipinski definition) is 0. The van der Waals surface area contributed by atoms with Crippen LogP contribution in [0.25, 0.3) is 0 Å². The first kappa shape index (κ1) is 15.9. The molecule has 23 heavy (non-hydrogen) atoms. The van der Waals surface area contributed by atoms with Crippen LogP contribution < -0.4 is 4.74 Å². The SMILES string of the molecule is Cc1nnc(CN2CCC(COc3ncnc(C)c3C)CC2)o1. The van der Waals surface area contributed by atoms with E-state index < -0.39 is 0 Å². The molecular weight excluding hydrogens is 294 g/mol. The van der Waals surface area contributed by atoms with Crippen LogP contribution in [0.15, 0.2) is 10.7 Å². The van der Waals surface area contributed by atoms with Crippen LogP contribution in [0.5, 0.6) is 5.88 Å². The van der Waals surface area contributed by atoms with E-state index in [1.165, 1.54) is 0 Å². The average molecular weight is 317 g/mol. The predicted octanol–water partition coefficient (Wildman–Crippen LogP) is 2.08. The molecule has 0 amide bonds. The Bertz CT molecular complexity index is 650. The van der Waals surface area contributed by atoms with Gasteiger partial charge in [0.1, 0.15) is 6.33 Å². The molecule has 0 unspecified atom stereocenters. The molecule has 0 N–H and O–H groups in total. The van der Waals surface area contributed by atoms with Crippen LogP contribution in [0.2, 0.25) is 0 Å². The molecule has 0 radical (unpaired) electrons. The van der Waals surface area contributed by atoms with Crippen molar-refractivity contribution in [2.45, 2.75) is 40.2 Å². The van der Waals surface area contributed by atoms with Gasteiger partial charge in [0, 0.05) is 18.2 Å². The molecule has 2 aromatic heterocycles. The van der Waals surface area contributed by atoms with Gasteiger partial charge < -0.3 is 9.15 Å². The van der Waals surface area contributed by atoms with Gasteiger partial charge in [-0.2, -0.15) is 0 Å². The maximum atomic E-state index is 5.90. The lowest BCUT2D eigenvalue weighted by Gasteiger charge is -2.30. The van der Waals surface area contributed by atoms with Crippen molar-refractivity contribution < 1.29 is 9.15 Å². The van der Waals surface area contributed by atoms with Crippen LogP contribution in [-0.2, 0) is 6.54 Å². The third-order valence-electron chi connectivity index (χ3n) is 4.38. The molecule has 1 fully saturated rings. The van der Waals surface area contributed by atoms with E-state index >= 15 is 0 Å². The Hall–Kier alpha value is -2.02. The maximum Gasteiger partial charge on any atom is 0.230 e. The second-order valence-corrected chi connectivity index (χ2v) is 6.13. The van der Waals surface area contributed by atoms with Crippen LogP contribution in [0, 0.1) is 26.7 Å². The number of ether oxygens (including phenoxy) is 1. The molecule has 0 bridgehead atoms. The van der Waals surface area contributed by atoms with Gasteiger partial charge >= 0.3 is 0 Å². The summed E-state index contributed by atoms with van der Waals surface area (Å²) in [6.07, 6.45) is 3.78. The van der Waals surface area contributed by atoms with Crippen LogP contribution >= 0.6 is 0 Å². The van der Waals surface area contributed by atoms with E-state index in [1.54, 1.807) is 6.33 Å². The molecule has 7 heteroatoms.